The van der Waals surface area contributed by atoms with E-state index in [0.717, 1.165) is 56.5 Å². The van der Waals surface area contributed by atoms with Gasteiger partial charge in [0.15, 0.2) is 5.96 Å². The molecule has 0 aliphatic carbocycles. The molecule has 1 aliphatic heterocycles. The molecule has 0 unspecified atom stereocenters. The van der Waals surface area contributed by atoms with Crippen molar-refractivity contribution in [3.63, 3.8) is 0 Å². The fraction of sp³-hybridized carbons (Fsp3) is 0.524. The standard InChI is InChI=1S/C21H30FN5O/c1-4-23-20(24-16-21(2,3)17-6-5-7-18(22)14-17)27-11-9-26(10-12-27)15-19-8-13-28-25-19/h5-8,13-14H,4,9-12,15-16H2,1-3H3,(H,23,24). The maximum atomic E-state index is 13.6. The molecule has 6 nitrogen and oxygen atoms in total. The first-order chi connectivity index (χ1) is 13.5. The number of guanidine groups is 1. The third-order valence-electron chi connectivity index (χ3n) is 5.11. The van der Waals surface area contributed by atoms with Crippen LogP contribution in [0.3, 0.4) is 0 Å². The summed E-state index contributed by atoms with van der Waals surface area (Å²) in [4.78, 5) is 9.54. The van der Waals surface area contributed by atoms with Crippen molar-refractivity contribution in [2.45, 2.75) is 32.7 Å². The molecule has 28 heavy (non-hydrogen) atoms. The van der Waals surface area contributed by atoms with Crippen molar-refractivity contribution in [2.24, 2.45) is 4.99 Å². The summed E-state index contributed by atoms with van der Waals surface area (Å²) in [5, 5.41) is 7.40. The van der Waals surface area contributed by atoms with Crippen molar-refractivity contribution in [1.29, 1.82) is 0 Å². The van der Waals surface area contributed by atoms with E-state index in [0.29, 0.717) is 6.54 Å². The van der Waals surface area contributed by atoms with E-state index >= 15 is 0 Å². The van der Waals surface area contributed by atoms with Crippen molar-refractivity contribution < 1.29 is 8.91 Å². The van der Waals surface area contributed by atoms with Gasteiger partial charge in [-0.25, -0.2) is 4.39 Å². The smallest absolute Gasteiger partial charge is 0.194 e. The van der Waals surface area contributed by atoms with E-state index in [1.165, 1.54) is 6.07 Å². The number of nitrogens with zero attached hydrogens (tertiary/aromatic N) is 4. The Balaban J connectivity index is 1.61. The zero-order chi connectivity index (χ0) is 20.0. The predicted octanol–water partition coefficient (Wildman–Crippen LogP) is 2.87. The van der Waals surface area contributed by atoms with Crippen LogP contribution in [0.4, 0.5) is 4.39 Å². The molecule has 0 saturated carbocycles. The summed E-state index contributed by atoms with van der Waals surface area (Å²) in [6, 6.07) is 8.71. The van der Waals surface area contributed by atoms with E-state index in [1.54, 1.807) is 18.4 Å². The summed E-state index contributed by atoms with van der Waals surface area (Å²) in [7, 11) is 0. The van der Waals surface area contributed by atoms with Gasteiger partial charge in [-0.2, -0.15) is 0 Å². The largest absolute Gasteiger partial charge is 0.364 e. The molecule has 1 N–H and O–H groups in total. The molecular weight excluding hydrogens is 357 g/mol. The van der Waals surface area contributed by atoms with Crippen LogP contribution in [-0.2, 0) is 12.0 Å². The van der Waals surface area contributed by atoms with Crippen LogP contribution in [0.5, 0.6) is 0 Å². The molecule has 1 saturated heterocycles. The van der Waals surface area contributed by atoms with Crippen LogP contribution in [0, 0.1) is 5.82 Å². The minimum absolute atomic E-state index is 0.204. The number of halogens is 1. The number of hydrogen-bond acceptors (Lipinski definition) is 4. The van der Waals surface area contributed by atoms with Gasteiger partial charge in [-0.3, -0.25) is 9.89 Å². The maximum Gasteiger partial charge on any atom is 0.194 e. The molecule has 0 radical (unpaired) electrons. The van der Waals surface area contributed by atoms with Crippen molar-refractivity contribution in [3.05, 3.63) is 53.7 Å². The van der Waals surface area contributed by atoms with E-state index in [2.05, 4.69) is 41.0 Å². The van der Waals surface area contributed by atoms with Gasteiger partial charge in [0.25, 0.3) is 0 Å². The van der Waals surface area contributed by atoms with Gasteiger partial charge in [0.2, 0.25) is 0 Å². The highest BCUT2D eigenvalue weighted by atomic mass is 19.1. The summed E-state index contributed by atoms with van der Waals surface area (Å²) in [5.74, 6) is 0.720. The summed E-state index contributed by atoms with van der Waals surface area (Å²) in [6.07, 6.45) is 1.61. The lowest BCUT2D eigenvalue weighted by atomic mass is 9.85. The van der Waals surface area contributed by atoms with Gasteiger partial charge in [0, 0.05) is 50.7 Å². The van der Waals surface area contributed by atoms with Gasteiger partial charge in [-0.1, -0.05) is 31.1 Å². The fourth-order valence-corrected chi connectivity index (χ4v) is 3.37. The first-order valence-corrected chi connectivity index (χ1v) is 9.89. The molecule has 1 aromatic heterocycles. The van der Waals surface area contributed by atoms with Gasteiger partial charge in [-0.05, 0) is 24.6 Å². The second-order valence-corrected chi connectivity index (χ2v) is 7.82. The van der Waals surface area contributed by atoms with Crippen LogP contribution in [-0.4, -0.2) is 60.2 Å². The van der Waals surface area contributed by atoms with E-state index in [9.17, 15) is 4.39 Å². The maximum absolute atomic E-state index is 13.6. The monoisotopic (exact) mass is 387 g/mol. The van der Waals surface area contributed by atoms with E-state index < -0.39 is 0 Å². The van der Waals surface area contributed by atoms with Crippen LogP contribution in [0.25, 0.3) is 0 Å². The summed E-state index contributed by atoms with van der Waals surface area (Å²) in [5.41, 5.74) is 1.69. The normalized spacial score (nSPS) is 16.4. The first kappa shape index (κ1) is 20.3. The molecule has 1 aliphatic rings. The molecule has 3 rings (SSSR count). The summed E-state index contributed by atoms with van der Waals surface area (Å²) >= 11 is 0. The number of aromatic nitrogens is 1. The zero-order valence-corrected chi connectivity index (χ0v) is 17.0. The van der Waals surface area contributed by atoms with Gasteiger partial charge in [0.1, 0.15) is 12.1 Å². The Bertz CT molecular complexity index is 767. The first-order valence-electron chi connectivity index (χ1n) is 9.89. The average molecular weight is 388 g/mol. The number of rotatable bonds is 6. The number of aliphatic imine (C=N–C) groups is 1. The summed E-state index contributed by atoms with van der Waals surface area (Å²) < 4.78 is 18.5. The minimum Gasteiger partial charge on any atom is -0.364 e. The Morgan fingerprint density at radius 3 is 2.68 bits per heavy atom. The van der Waals surface area contributed by atoms with Gasteiger partial charge in [-0.15, -0.1) is 0 Å². The van der Waals surface area contributed by atoms with Crippen LogP contribution in [0.15, 0.2) is 46.1 Å². The molecule has 0 spiro atoms. The number of nitrogens with one attached hydrogen (secondary N) is 1. The molecule has 2 heterocycles. The Labute approximate surface area is 166 Å². The lowest BCUT2D eigenvalue weighted by Crippen LogP contribution is -2.52. The second kappa shape index (κ2) is 9.19. The molecular formula is C21H30FN5O. The van der Waals surface area contributed by atoms with Gasteiger partial charge < -0.3 is 14.7 Å². The number of hydrogen-bond donors (Lipinski definition) is 1. The number of benzene rings is 1. The topological polar surface area (TPSA) is 56.9 Å². The highest BCUT2D eigenvalue weighted by Gasteiger charge is 2.24. The summed E-state index contributed by atoms with van der Waals surface area (Å²) in [6.45, 7) is 12.2. The van der Waals surface area contributed by atoms with Gasteiger partial charge in [0.05, 0.1) is 12.2 Å². The van der Waals surface area contributed by atoms with E-state index in [1.807, 2.05) is 12.1 Å². The van der Waals surface area contributed by atoms with Crippen molar-refractivity contribution in [3.8, 4) is 0 Å². The molecule has 1 aromatic carbocycles. The van der Waals surface area contributed by atoms with Crippen molar-refractivity contribution in [2.75, 3.05) is 39.3 Å². The third-order valence-corrected chi connectivity index (χ3v) is 5.11. The highest BCUT2D eigenvalue weighted by Crippen LogP contribution is 2.24. The van der Waals surface area contributed by atoms with Crippen LogP contribution in [0.2, 0.25) is 0 Å². The molecule has 0 bridgehead atoms. The van der Waals surface area contributed by atoms with Crippen LogP contribution < -0.4 is 5.32 Å². The zero-order valence-electron chi connectivity index (χ0n) is 17.0. The van der Waals surface area contributed by atoms with Gasteiger partial charge >= 0.3 is 0 Å². The predicted molar refractivity (Wildman–Crippen MR) is 109 cm³/mol. The van der Waals surface area contributed by atoms with Crippen molar-refractivity contribution in [1.82, 2.24) is 20.3 Å². The molecule has 0 atom stereocenters. The molecule has 0 amide bonds. The second-order valence-electron chi connectivity index (χ2n) is 7.82. The third kappa shape index (κ3) is 5.32. The van der Waals surface area contributed by atoms with Crippen LogP contribution in [0.1, 0.15) is 32.0 Å². The molecule has 2 aromatic rings. The molecule has 152 valence electrons. The molecule has 1 fully saturated rings. The minimum atomic E-state index is -0.239. The van der Waals surface area contributed by atoms with E-state index in [-0.39, 0.29) is 11.2 Å². The van der Waals surface area contributed by atoms with E-state index in [4.69, 9.17) is 9.52 Å². The lowest BCUT2D eigenvalue weighted by Gasteiger charge is -2.36. The highest BCUT2D eigenvalue weighted by molar-refractivity contribution is 5.80. The quantitative estimate of drug-likeness (QED) is 0.610. The van der Waals surface area contributed by atoms with Crippen LogP contribution >= 0.6 is 0 Å². The fourth-order valence-electron chi connectivity index (χ4n) is 3.37. The Morgan fingerprint density at radius 2 is 2.04 bits per heavy atom. The average Bonchev–Trinajstić information content (AvgIpc) is 3.19. The molecule has 7 heteroatoms. The Kier molecular flexibility index (Phi) is 6.67. The van der Waals surface area contributed by atoms with Crippen molar-refractivity contribution >= 4 is 5.96 Å². The Hall–Kier alpha value is -2.41. The lowest BCUT2D eigenvalue weighted by molar-refractivity contribution is 0.169. The SMILES string of the molecule is CCNC(=NCC(C)(C)c1cccc(F)c1)N1CCN(Cc2ccon2)CC1. The number of piperazine rings is 1. The Morgan fingerprint density at radius 1 is 1.25 bits per heavy atom.